The molecule has 2 nitrogen and oxygen atoms in total. The zero-order chi connectivity index (χ0) is 16.5. The van der Waals surface area contributed by atoms with Gasteiger partial charge in [-0.2, -0.15) is 0 Å². The molecule has 5 heteroatoms. The number of nitrogens with zero attached hydrogens (tertiary/aromatic N) is 1. The molecular weight excluding hydrogens is 361 g/mol. The van der Waals surface area contributed by atoms with Crippen LogP contribution in [-0.4, -0.2) is 4.98 Å². The summed E-state index contributed by atoms with van der Waals surface area (Å²) in [7, 11) is 0. The largest absolute Gasteiger partial charge is 0.472 e. The fourth-order valence-electron chi connectivity index (χ4n) is 2.50. The van der Waals surface area contributed by atoms with Gasteiger partial charge in [-0.15, -0.1) is 11.3 Å². The number of halogens is 2. The number of pyridine rings is 1. The Bertz CT molecular complexity index is 992. The molecule has 0 saturated heterocycles. The molecule has 0 amide bonds. The summed E-state index contributed by atoms with van der Waals surface area (Å²) < 4.78 is 5.96. The Kier molecular flexibility index (Phi) is 4.15. The van der Waals surface area contributed by atoms with Gasteiger partial charge in [-0.05, 0) is 48.0 Å². The molecule has 0 aliphatic rings. The fraction of sp³-hybridized carbons (Fsp3) is 0. The SMILES string of the molecule is Clc1cccc(-c2cc(-c3ccoc3)cc(-c3ccc(Cl)s3)n2)c1. The molecule has 0 radical (unpaired) electrons. The summed E-state index contributed by atoms with van der Waals surface area (Å²) in [5, 5.41) is 0.684. The Balaban J connectivity index is 1.91. The van der Waals surface area contributed by atoms with Crippen LogP contribution < -0.4 is 0 Å². The van der Waals surface area contributed by atoms with E-state index in [9.17, 15) is 0 Å². The number of benzene rings is 1. The van der Waals surface area contributed by atoms with Crippen molar-refractivity contribution in [3.05, 3.63) is 76.5 Å². The molecule has 0 atom stereocenters. The molecule has 0 N–H and O–H groups in total. The first kappa shape index (κ1) is 15.5. The van der Waals surface area contributed by atoms with Crippen LogP contribution in [0.1, 0.15) is 0 Å². The van der Waals surface area contributed by atoms with Crippen molar-refractivity contribution in [3.8, 4) is 33.0 Å². The maximum atomic E-state index is 6.14. The van der Waals surface area contributed by atoms with E-state index in [-0.39, 0.29) is 0 Å². The number of rotatable bonds is 3. The van der Waals surface area contributed by atoms with Crippen LogP contribution in [0.15, 0.2) is 71.5 Å². The van der Waals surface area contributed by atoms with Crippen molar-refractivity contribution in [2.45, 2.75) is 0 Å². The summed E-state index contributed by atoms with van der Waals surface area (Å²) in [5.74, 6) is 0. The Morgan fingerprint density at radius 1 is 0.833 bits per heavy atom. The summed E-state index contributed by atoms with van der Waals surface area (Å²) in [6.45, 7) is 0. The van der Waals surface area contributed by atoms with Crippen LogP contribution in [0.5, 0.6) is 0 Å². The van der Waals surface area contributed by atoms with E-state index in [4.69, 9.17) is 32.6 Å². The highest BCUT2D eigenvalue weighted by molar-refractivity contribution is 7.19. The van der Waals surface area contributed by atoms with Gasteiger partial charge in [-0.1, -0.05) is 35.3 Å². The third kappa shape index (κ3) is 3.11. The molecule has 4 aromatic rings. The number of thiophene rings is 1. The summed E-state index contributed by atoms with van der Waals surface area (Å²) in [5.41, 5.74) is 4.74. The molecule has 118 valence electrons. The van der Waals surface area contributed by atoms with Gasteiger partial charge in [0, 0.05) is 16.1 Å². The van der Waals surface area contributed by atoms with Crippen molar-refractivity contribution >= 4 is 34.5 Å². The lowest BCUT2D eigenvalue weighted by Crippen LogP contribution is -1.89. The number of hydrogen-bond acceptors (Lipinski definition) is 3. The van der Waals surface area contributed by atoms with E-state index < -0.39 is 0 Å². The van der Waals surface area contributed by atoms with E-state index in [0.29, 0.717) is 5.02 Å². The fourth-order valence-corrected chi connectivity index (χ4v) is 3.69. The molecule has 0 unspecified atom stereocenters. The molecule has 0 saturated carbocycles. The smallest absolute Gasteiger partial charge is 0.0980 e. The molecule has 0 spiro atoms. The van der Waals surface area contributed by atoms with Crippen molar-refractivity contribution in [3.63, 3.8) is 0 Å². The van der Waals surface area contributed by atoms with Crippen molar-refractivity contribution in [2.75, 3.05) is 0 Å². The topological polar surface area (TPSA) is 26.0 Å². The predicted molar refractivity (Wildman–Crippen MR) is 101 cm³/mol. The predicted octanol–water partition coefficient (Wildman–Crippen LogP) is 7.04. The van der Waals surface area contributed by atoms with Crippen LogP contribution in [0.3, 0.4) is 0 Å². The second kappa shape index (κ2) is 6.44. The molecule has 0 aliphatic carbocycles. The van der Waals surface area contributed by atoms with E-state index in [1.54, 1.807) is 12.5 Å². The van der Waals surface area contributed by atoms with E-state index in [2.05, 4.69) is 0 Å². The van der Waals surface area contributed by atoms with Crippen LogP contribution in [-0.2, 0) is 0 Å². The molecule has 3 heterocycles. The Morgan fingerprint density at radius 2 is 1.71 bits per heavy atom. The average molecular weight is 372 g/mol. The number of furan rings is 1. The zero-order valence-corrected chi connectivity index (χ0v) is 14.7. The Labute approximate surface area is 153 Å². The Hall–Kier alpha value is -2.07. The molecular formula is C19H11Cl2NOS. The number of hydrogen-bond donors (Lipinski definition) is 0. The van der Waals surface area contributed by atoms with Gasteiger partial charge < -0.3 is 4.42 Å². The minimum atomic E-state index is 0.684. The summed E-state index contributed by atoms with van der Waals surface area (Å²) in [6, 6.07) is 17.6. The van der Waals surface area contributed by atoms with Gasteiger partial charge in [0.15, 0.2) is 0 Å². The number of aromatic nitrogens is 1. The van der Waals surface area contributed by atoms with Gasteiger partial charge in [-0.3, -0.25) is 0 Å². The first-order valence-electron chi connectivity index (χ1n) is 7.25. The molecule has 4 rings (SSSR count). The van der Waals surface area contributed by atoms with Crippen LogP contribution in [0.25, 0.3) is 33.0 Å². The highest BCUT2D eigenvalue weighted by Crippen LogP contribution is 2.35. The third-order valence-electron chi connectivity index (χ3n) is 3.63. The molecule has 0 aliphatic heterocycles. The van der Waals surface area contributed by atoms with Gasteiger partial charge >= 0.3 is 0 Å². The first-order chi connectivity index (χ1) is 11.7. The molecule has 3 aromatic heterocycles. The van der Waals surface area contributed by atoms with Gasteiger partial charge in [0.05, 0.1) is 33.1 Å². The summed E-state index contributed by atoms with van der Waals surface area (Å²) >= 11 is 13.7. The van der Waals surface area contributed by atoms with Crippen molar-refractivity contribution in [1.29, 1.82) is 0 Å². The van der Waals surface area contributed by atoms with Gasteiger partial charge in [-0.25, -0.2) is 4.98 Å². The molecule has 24 heavy (non-hydrogen) atoms. The van der Waals surface area contributed by atoms with Gasteiger partial charge in [0.2, 0.25) is 0 Å². The van der Waals surface area contributed by atoms with Gasteiger partial charge in [0.25, 0.3) is 0 Å². The lowest BCUT2D eigenvalue weighted by Gasteiger charge is -2.08. The van der Waals surface area contributed by atoms with Crippen LogP contribution in [0.2, 0.25) is 9.36 Å². The van der Waals surface area contributed by atoms with Crippen LogP contribution >= 0.6 is 34.5 Å². The van der Waals surface area contributed by atoms with E-state index in [1.807, 2.05) is 54.6 Å². The highest BCUT2D eigenvalue weighted by atomic mass is 35.5. The van der Waals surface area contributed by atoms with Crippen LogP contribution in [0.4, 0.5) is 0 Å². The normalized spacial score (nSPS) is 10.9. The molecule has 0 fully saturated rings. The summed E-state index contributed by atoms with van der Waals surface area (Å²) in [6.07, 6.45) is 3.39. The minimum absolute atomic E-state index is 0.684. The highest BCUT2D eigenvalue weighted by Gasteiger charge is 2.11. The standard InChI is InChI=1S/C19H11Cl2NOS/c20-15-3-1-2-12(8-15)16-9-14(13-6-7-23-11-13)10-17(22-16)18-4-5-19(21)24-18/h1-11H. The first-order valence-corrected chi connectivity index (χ1v) is 8.82. The maximum Gasteiger partial charge on any atom is 0.0980 e. The lowest BCUT2D eigenvalue weighted by atomic mass is 10.0. The maximum absolute atomic E-state index is 6.14. The Morgan fingerprint density at radius 3 is 2.42 bits per heavy atom. The molecule has 0 bridgehead atoms. The second-order valence-corrected chi connectivity index (χ2v) is 7.40. The van der Waals surface area contributed by atoms with E-state index >= 15 is 0 Å². The monoisotopic (exact) mass is 371 g/mol. The van der Waals surface area contributed by atoms with Gasteiger partial charge in [0.1, 0.15) is 0 Å². The third-order valence-corrected chi connectivity index (χ3v) is 5.11. The van der Waals surface area contributed by atoms with E-state index in [1.165, 1.54) is 11.3 Å². The average Bonchev–Trinajstić information content (AvgIpc) is 3.26. The summed E-state index contributed by atoms with van der Waals surface area (Å²) in [4.78, 5) is 5.82. The van der Waals surface area contributed by atoms with E-state index in [0.717, 1.165) is 37.3 Å². The van der Waals surface area contributed by atoms with Crippen molar-refractivity contribution in [1.82, 2.24) is 4.98 Å². The minimum Gasteiger partial charge on any atom is -0.472 e. The molecule has 1 aromatic carbocycles. The van der Waals surface area contributed by atoms with Crippen molar-refractivity contribution < 1.29 is 4.42 Å². The quantitative estimate of drug-likeness (QED) is 0.385. The lowest BCUT2D eigenvalue weighted by molar-refractivity contribution is 0.568. The second-order valence-electron chi connectivity index (χ2n) is 5.25. The van der Waals surface area contributed by atoms with Crippen LogP contribution in [0, 0.1) is 0 Å². The zero-order valence-electron chi connectivity index (χ0n) is 12.4. The van der Waals surface area contributed by atoms with Crippen molar-refractivity contribution in [2.24, 2.45) is 0 Å².